The average molecular weight is 490 g/mol. The maximum Gasteiger partial charge on any atom is 0.340 e. The van der Waals surface area contributed by atoms with Crippen molar-refractivity contribution in [2.45, 2.75) is 29.7 Å². The lowest BCUT2D eigenvalue weighted by Crippen LogP contribution is -2.33. The normalized spacial score (nSPS) is 11.9. The van der Waals surface area contributed by atoms with Crippen molar-refractivity contribution in [2.75, 3.05) is 6.54 Å². The van der Waals surface area contributed by atoms with Crippen LogP contribution in [0.25, 0.3) is 0 Å². The fraction of sp³-hybridized carbons (Fsp3) is 0.174. The van der Waals surface area contributed by atoms with Crippen LogP contribution in [0, 0.1) is 6.92 Å². The van der Waals surface area contributed by atoms with E-state index in [-0.39, 0.29) is 18.8 Å². The first-order valence-corrected chi connectivity index (χ1v) is 12.8. The summed E-state index contributed by atoms with van der Waals surface area (Å²) in [6.07, 6.45) is -0.444. The van der Waals surface area contributed by atoms with Gasteiger partial charge >= 0.3 is 16.1 Å². The average Bonchev–Trinajstić information content (AvgIpc) is 2.77. The molecule has 3 rings (SSSR count). The number of carboxylic acid groups (broad SMARTS) is 1. The second-order valence-electron chi connectivity index (χ2n) is 7.27. The summed E-state index contributed by atoms with van der Waals surface area (Å²) in [6, 6.07) is 20.1. The van der Waals surface area contributed by atoms with Crippen LogP contribution in [0.15, 0.2) is 88.7 Å². The van der Waals surface area contributed by atoms with E-state index in [4.69, 9.17) is 9.29 Å². The van der Waals surface area contributed by atoms with E-state index >= 15 is 0 Å². The molecule has 0 saturated heterocycles. The summed E-state index contributed by atoms with van der Waals surface area (Å²) in [6.45, 7) is 1.31. The Morgan fingerprint density at radius 2 is 1.52 bits per heavy atom. The third-order valence-corrected chi connectivity index (χ3v) is 8.05. The molecule has 0 bridgehead atoms. The molecule has 0 heterocycles. The molecule has 0 amide bonds. The van der Waals surface area contributed by atoms with Crippen molar-refractivity contribution in [3.8, 4) is 5.75 Å². The quantitative estimate of drug-likeness (QED) is 0.434. The van der Waals surface area contributed by atoms with E-state index < -0.39 is 42.3 Å². The van der Waals surface area contributed by atoms with Crippen molar-refractivity contribution >= 4 is 26.1 Å². The lowest BCUT2D eigenvalue weighted by atomic mass is 10.2. The number of hydrogen-bond donors (Lipinski definition) is 1. The van der Waals surface area contributed by atoms with Gasteiger partial charge in [-0.05, 0) is 42.3 Å². The van der Waals surface area contributed by atoms with Gasteiger partial charge in [-0.15, -0.1) is 0 Å². The fourth-order valence-corrected chi connectivity index (χ4v) is 6.27. The van der Waals surface area contributed by atoms with Crippen LogP contribution in [0.2, 0.25) is 0 Å². The summed E-state index contributed by atoms with van der Waals surface area (Å²) in [5.74, 6) is -1.12. The van der Waals surface area contributed by atoms with Crippen LogP contribution < -0.4 is 4.18 Å². The van der Waals surface area contributed by atoms with E-state index in [1.54, 1.807) is 49.4 Å². The Bertz CT molecular complexity index is 1340. The molecule has 0 aromatic heterocycles. The number of rotatable bonds is 10. The second-order valence-corrected chi connectivity index (χ2v) is 10.7. The van der Waals surface area contributed by atoms with E-state index in [9.17, 15) is 21.6 Å². The molecule has 8 nitrogen and oxygen atoms in total. The lowest BCUT2D eigenvalue weighted by molar-refractivity contribution is -0.137. The molecule has 0 aliphatic carbocycles. The SMILES string of the molecule is Cc1cccc(OS(=O)(=O)c2ccccc2S(=O)(=O)N(CCC(=O)O)Cc2ccccc2)c1. The van der Waals surface area contributed by atoms with Crippen LogP contribution in [0.5, 0.6) is 5.75 Å². The van der Waals surface area contributed by atoms with Crippen LogP contribution in [0.3, 0.4) is 0 Å². The standard InChI is InChI=1S/C23H23NO7S2/c1-18-8-7-11-20(16-18)31-33(29,30)22-13-6-5-12-21(22)32(27,28)24(15-14-23(25)26)17-19-9-3-2-4-10-19/h2-13,16H,14-15,17H2,1H3,(H,25,26). The highest BCUT2D eigenvalue weighted by Crippen LogP contribution is 2.28. The first-order chi connectivity index (χ1) is 15.6. The predicted molar refractivity (Wildman–Crippen MR) is 122 cm³/mol. The Balaban J connectivity index is 2.03. The highest BCUT2D eigenvalue weighted by atomic mass is 32.2. The van der Waals surface area contributed by atoms with Crippen LogP contribution in [0.4, 0.5) is 0 Å². The van der Waals surface area contributed by atoms with Gasteiger partial charge in [0.2, 0.25) is 10.0 Å². The zero-order valence-corrected chi connectivity index (χ0v) is 19.4. The van der Waals surface area contributed by atoms with Gasteiger partial charge in [-0.3, -0.25) is 4.79 Å². The van der Waals surface area contributed by atoms with Gasteiger partial charge < -0.3 is 9.29 Å². The number of hydrogen-bond acceptors (Lipinski definition) is 6. The van der Waals surface area contributed by atoms with Gasteiger partial charge in [0, 0.05) is 13.1 Å². The van der Waals surface area contributed by atoms with Crippen LogP contribution in [-0.4, -0.2) is 38.8 Å². The molecule has 0 unspecified atom stereocenters. The molecule has 0 spiro atoms. The van der Waals surface area contributed by atoms with Gasteiger partial charge in [-0.2, -0.15) is 12.7 Å². The first kappa shape index (κ1) is 24.4. The van der Waals surface area contributed by atoms with Gasteiger partial charge in [0.25, 0.3) is 0 Å². The maximum atomic E-state index is 13.5. The molecule has 33 heavy (non-hydrogen) atoms. The van der Waals surface area contributed by atoms with Crippen molar-refractivity contribution in [3.05, 3.63) is 90.0 Å². The molecule has 0 radical (unpaired) electrons. The number of aliphatic carboxylic acids is 1. The van der Waals surface area contributed by atoms with Crippen LogP contribution in [0.1, 0.15) is 17.5 Å². The molecule has 0 aliphatic rings. The molecular formula is C23H23NO7S2. The summed E-state index contributed by atoms with van der Waals surface area (Å²) in [5, 5.41) is 9.10. The predicted octanol–water partition coefficient (Wildman–Crippen LogP) is 3.43. The molecule has 0 fully saturated rings. The number of carboxylic acids is 1. The summed E-state index contributed by atoms with van der Waals surface area (Å²) in [5.41, 5.74) is 1.40. The number of aryl methyl sites for hydroxylation is 1. The topological polar surface area (TPSA) is 118 Å². The summed E-state index contributed by atoms with van der Waals surface area (Å²) in [4.78, 5) is 10.1. The van der Waals surface area contributed by atoms with Crippen molar-refractivity contribution in [1.82, 2.24) is 4.31 Å². The molecule has 10 heteroatoms. The second kappa shape index (κ2) is 10.2. The number of carbonyl (C=O) groups is 1. The zero-order chi connectivity index (χ0) is 24.1. The van der Waals surface area contributed by atoms with Gasteiger partial charge in [0.1, 0.15) is 15.5 Å². The molecule has 1 N–H and O–H groups in total. The van der Waals surface area contributed by atoms with Crippen LogP contribution in [-0.2, 0) is 31.5 Å². The highest BCUT2D eigenvalue weighted by molar-refractivity contribution is 7.91. The minimum atomic E-state index is -4.50. The summed E-state index contributed by atoms with van der Waals surface area (Å²) >= 11 is 0. The van der Waals surface area contributed by atoms with Crippen LogP contribution >= 0.6 is 0 Å². The molecule has 3 aromatic rings. The Morgan fingerprint density at radius 3 is 2.15 bits per heavy atom. The first-order valence-electron chi connectivity index (χ1n) is 9.95. The van der Waals surface area contributed by atoms with Gasteiger partial charge in [-0.25, -0.2) is 8.42 Å². The number of benzene rings is 3. The molecule has 0 saturated carbocycles. The van der Waals surface area contributed by atoms with E-state index in [0.717, 1.165) is 15.9 Å². The zero-order valence-electron chi connectivity index (χ0n) is 17.8. The summed E-state index contributed by atoms with van der Waals surface area (Å²) in [7, 11) is -8.90. The van der Waals surface area contributed by atoms with Crippen molar-refractivity contribution in [3.63, 3.8) is 0 Å². The molecule has 0 aliphatic heterocycles. The highest BCUT2D eigenvalue weighted by Gasteiger charge is 2.32. The largest absolute Gasteiger partial charge is 0.481 e. The fourth-order valence-electron chi connectivity index (χ4n) is 3.14. The van der Waals surface area contributed by atoms with E-state index in [0.29, 0.717) is 5.56 Å². The van der Waals surface area contributed by atoms with E-state index in [2.05, 4.69) is 0 Å². The van der Waals surface area contributed by atoms with E-state index in [1.165, 1.54) is 30.3 Å². The smallest absolute Gasteiger partial charge is 0.340 e. The maximum absolute atomic E-state index is 13.5. The molecule has 3 aromatic carbocycles. The number of nitrogens with zero attached hydrogens (tertiary/aromatic N) is 1. The van der Waals surface area contributed by atoms with Crippen molar-refractivity contribution in [1.29, 1.82) is 0 Å². The third kappa shape index (κ3) is 6.19. The lowest BCUT2D eigenvalue weighted by Gasteiger charge is -2.23. The monoisotopic (exact) mass is 489 g/mol. The summed E-state index contributed by atoms with van der Waals surface area (Å²) < 4.78 is 59.3. The van der Waals surface area contributed by atoms with Gasteiger partial charge in [0.05, 0.1) is 6.42 Å². The van der Waals surface area contributed by atoms with E-state index in [1.807, 2.05) is 0 Å². The minimum Gasteiger partial charge on any atom is -0.481 e. The Morgan fingerprint density at radius 1 is 0.879 bits per heavy atom. The Kier molecular flexibility index (Phi) is 7.52. The van der Waals surface area contributed by atoms with Gasteiger partial charge in [0.15, 0.2) is 0 Å². The van der Waals surface area contributed by atoms with Crippen molar-refractivity contribution < 1.29 is 30.9 Å². The molecule has 0 atom stereocenters. The minimum absolute atomic E-state index is 0.0502. The number of sulfonamides is 1. The molecular weight excluding hydrogens is 466 g/mol. The van der Waals surface area contributed by atoms with Crippen molar-refractivity contribution in [2.24, 2.45) is 0 Å². The Hall–Kier alpha value is -3.21. The van der Waals surface area contributed by atoms with Gasteiger partial charge in [-0.1, -0.05) is 54.6 Å². The molecule has 174 valence electrons. The third-order valence-electron chi connectivity index (χ3n) is 4.71. The Labute approximate surface area is 193 Å².